The molecule has 1 N–H and O–H groups in total. The maximum Gasteiger partial charge on any atom is 0.253 e. The topological polar surface area (TPSA) is 41.6 Å². The molecule has 1 amide bonds. The minimum absolute atomic E-state index is 0.0107. The lowest BCUT2D eigenvalue weighted by atomic mass is 10.1. The quantitative estimate of drug-likeness (QED) is 0.847. The Hall–Kier alpha value is -1.20. The first-order chi connectivity index (χ1) is 10.5. The summed E-state index contributed by atoms with van der Waals surface area (Å²) >= 11 is 1.86. The summed E-state index contributed by atoms with van der Waals surface area (Å²) < 4.78 is 5.62. The number of ether oxygens (including phenoxy) is 1. The summed E-state index contributed by atoms with van der Waals surface area (Å²) in [5, 5.41) is 3.03. The third-order valence-electron chi connectivity index (χ3n) is 3.42. The summed E-state index contributed by atoms with van der Waals surface area (Å²) in [5.41, 5.74) is 1.76. The monoisotopic (exact) mass is 322 g/mol. The number of amides is 1. The summed E-state index contributed by atoms with van der Waals surface area (Å²) in [6.45, 7) is 10.4. The summed E-state index contributed by atoms with van der Waals surface area (Å²) in [5.74, 6) is 0.936. The molecule has 5 heteroatoms. The van der Waals surface area contributed by atoms with Gasteiger partial charge in [0.1, 0.15) is 0 Å². The van der Waals surface area contributed by atoms with Gasteiger partial charge in [-0.25, -0.2) is 0 Å². The van der Waals surface area contributed by atoms with Crippen LogP contribution in [0.15, 0.2) is 24.3 Å². The number of carbonyl (C=O) groups is 1. The first-order valence-corrected chi connectivity index (χ1v) is 8.80. The van der Waals surface area contributed by atoms with E-state index in [0.29, 0.717) is 6.54 Å². The number of benzene rings is 1. The molecule has 22 heavy (non-hydrogen) atoms. The number of thioether (sulfide) groups is 1. The Labute approximate surface area is 137 Å². The van der Waals surface area contributed by atoms with E-state index in [1.165, 1.54) is 0 Å². The van der Waals surface area contributed by atoms with Crippen molar-refractivity contribution in [2.45, 2.75) is 25.5 Å². The summed E-state index contributed by atoms with van der Waals surface area (Å²) in [7, 11) is 0. The normalized spacial score (nSPS) is 15.7. The van der Waals surface area contributed by atoms with E-state index < -0.39 is 0 Å². The lowest BCUT2D eigenvalue weighted by molar-refractivity contribution is 0.0954. The van der Waals surface area contributed by atoms with Gasteiger partial charge in [0.15, 0.2) is 0 Å². The minimum atomic E-state index is 0.0107. The van der Waals surface area contributed by atoms with Gasteiger partial charge in [0.25, 0.3) is 5.91 Å². The Morgan fingerprint density at radius 2 is 1.95 bits per heavy atom. The Balaban J connectivity index is 1.94. The Kier molecular flexibility index (Phi) is 6.15. The second kappa shape index (κ2) is 7.88. The smallest absolute Gasteiger partial charge is 0.253 e. The van der Waals surface area contributed by atoms with Crippen LogP contribution in [0.2, 0.25) is 0 Å². The largest absolute Gasteiger partial charge is 0.378 e. The molecule has 1 heterocycles. The van der Waals surface area contributed by atoms with Crippen molar-refractivity contribution in [3.63, 3.8) is 0 Å². The molecule has 1 fully saturated rings. The molecule has 1 aromatic rings. The first kappa shape index (κ1) is 17.2. The van der Waals surface area contributed by atoms with Gasteiger partial charge in [0, 0.05) is 35.8 Å². The van der Waals surface area contributed by atoms with E-state index in [-0.39, 0.29) is 10.7 Å². The van der Waals surface area contributed by atoms with Crippen LogP contribution in [0.5, 0.6) is 0 Å². The lowest BCUT2D eigenvalue weighted by Gasteiger charge is -2.30. The lowest BCUT2D eigenvalue weighted by Crippen LogP contribution is -2.38. The van der Waals surface area contributed by atoms with E-state index in [1.54, 1.807) is 0 Å². The van der Waals surface area contributed by atoms with Gasteiger partial charge in [-0.2, -0.15) is 11.8 Å². The van der Waals surface area contributed by atoms with Crippen LogP contribution in [0.25, 0.3) is 0 Å². The molecule has 0 atom stereocenters. The molecule has 122 valence electrons. The predicted octanol–water partition coefficient (Wildman–Crippen LogP) is 2.78. The maximum absolute atomic E-state index is 12.5. The van der Waals surface area contributed by atoms with Crippen LogP contribution in [0.4, 0.5) is 5.69 Å². The Morgan fingerprint density at radius 3 is 2.64 bits per heavy atom. The van der Waals surface area contributed by atoms with Crippen molar-refractivity contribution in [2.24, 2.45) is 0 Å². The minimum Gasteiger partial charge on any atom is -0.378 e. The molecule has 0 unspecified atom stereocenters. The van der Waals surface area contributed by atoms with E-state index in [0.717, 1.165) is 43.3 Å². The van der Waals surface area contributed by atoms with Crippen molar-refractivity contribution in [1.29, 1.82) is 0 Å². The van der Waals surface area contributed by atoms with E-state index in [4.69, 9.17) is 4.74 Å². The SMILES string of the molecule is CC(C)(C)SCCNC(=O)c1ccccc1N1CCOCC1. The summed E-state index contributed by atoms with van der Waals surface area (Å²) in [4.78, 5) is 14.7. The molecule has 0 aromatic heterocycles. The highest BCUT2D eigenvalue weighted by Crippen LogP contribution is 2.23. The third kappa shape index (κ3) is 5.21. The molecular weight excluding hydrogens is 296 g/mol. The van der Waals surface area contributed by atoms with E-state index in [1.807, 2.05) is 36.0 Å². The first-order valence-electron chi connectivity index (χ1n) is 7.81. The molecule has 0 spiro atoms. The number of nitrogens with zero attached hydrogens (tertiary/aromatic N) is 1. The van der Waals surface area contributed by atoms with E-state index in [9.17, 15) is 4.79 Å². The predicted molar refractivity (Wildman–Crippen MR) is 94.0 cm³/mol. The second-order valence-electron chi connectivity index (χ2n) is 6.33. The van der Waals surface area contributed by atoms with Crippen molar-refractivity contribution in [2.75, 3.05) is 43.5 Å². The Bertz CT molecular complexity index is 494. The third-order valence-corrected chi connectivity index (χ3v) is 4.70. The van der Waals surface area contributed by atoms with Crippen molar-refractivity contribution in [1.82, 2.24) is 5.32 Å². The van der Waals surface area contributed by atoms with Crippen LogP contribution in [0.1, 0.15) is 31.1 Å². The molecule has 0 aliphatic carbocycles. The number of rotatable bonds is 5. The molecule has 1 aliphatic heterocycles. The molecule has 4 nitrogen and oxygen atoms in total. The fourth-order valence-corrected chi connectivity index (χ4v) is 3.18. The number of hydrogen-bond donors (Lipinski definition) is 1. The molecule has 0 saturated carbocycles. The maximum atomic E-state index is 12.5. The summed E-state index contributed by atoms with van der Waals surface area (Å²) in [6.07, 6.45) is 0. The van der Waals surface area contributed by atoms with E-state index >= 15 is 0 Å². The average Bonchev–Trinajstić information content (AvgIpc) is 2.51. The van der Waals surface area contributed by atoms with Crippen LogP contribution in [-0.4, -0.2) is 49.3 Å². The molecule has 1 aliphatic rings. The molecule has 0 bridgehead atoms. The average molecular weight is 322 g/mol. The van der Waals surface area contributed by atoms with Crippen LogP contribution in [-0.2, 0) is 4.74 Å². The fraction of sp³-hybridized carbons (Fsp3) is 0.588. The van der Waals surface area contributed by atoms with Gasteiger partial charge in [0.05, 0.1) is 18.8 Å². The number of para-hydroxylation sites is 1. The zero-order valence-electron chi connectivity index (χ0n) is 13.7. The van der Waals surface area contributed by atoms with Crippen LogP contribution >= 0.6 is 11.8 Å². The van der Waals surface area contributed by atoms with Crippen molar-refractivity contribution in [3.8, 4) is 0 Å². The molecular formula is C17H26N2O2S. The van der Waals surface area contributed by atoms with Crippen LogP contribution in [0.3, 0.4) is 0 Å². The van der Waals surface area contributed by atoms with Gasteiger partial charge in [-0.15, -0.1) is 0 Å². The number of nitrogens with one attached hydrogen (secondary N) is 1. The van der Waals surface area contributed by atoms with Crippen molar-refractivity contribution >= 4 is 23.4 Å². The zero-order chi connectivity index (χ0) is 16.0. The second-order valence-corrected chi connectivity index (χ2v) is 8.25. The highest BCUT2D eigenvalue weighted by atomic mass is 32.2. The van der Waals surface area contributed by atoms with Gasteiger partial charge in [0.2, 0.25) is 0 Å². The van der Waals surface area contributed by atoms with Gasteiger partial charge in [-0.1, -0.05) is 32.9 Å². The summed E-state index contributed by atoms with van der Waals surface area (Å²) in [6, 6.07) is 7.82. The van der Waals surface area contributed by atoms with Crippen molar-refractivity contribution in [3.05, 3.63) is 29.8 Å². The standard InChI is InChI=1S/C17H26N2O2S/c1-17(2,3)22-13-8-18-16(20)14-6-4-5-7-15(14)19-9-11-21-12-10-19/h4-7H,8-13H2,1-3H3,(H,18,20). The van der Waals surface area contributed by atoms with Gasteiger partial charge >= 0.3 is 0 Å². The highest BCUT2D eigenvalue weighted by molar-refractivity contribution is 8.00. The zero-order valence-corrected chi connectivity index (χ0v) is 14.5. The molecule has 2 rings (SSSR count). The number of anilines is 1. The number of carbonyl (C=O) groups excluding carboxylic acids is 1. The van der Waals surface area contributed by atoms with Gasteiger partial charge in [-0.05, 0) is 12.1 Å². The molecule has 1 saturated heterocycles. The number of morpholine rings is 1. The Morgan fingerprint density at radius 1 is 1.27 bits per heavy atom. The highest BCUT2D eigenvalue weighted by Gasteiger charge is 2.18. The van der Waals surface area contributed by atoms with Crippen molar-refractivity contribution < 1.29 is 9.53 Å². The van der Waals surface area contributed by atoms with Crippen LogP contribution in [0, 0.1) is 0 Å². The number of hydrogen-bond acceptors (Lipinski definition) is 4. The van der Waals surface area contributed by atoms with Gasteiger partial charge in [-0.3, -0.25) is 4.79 Å². The fourth-order valence-electron chi connectivity index (χ4n) is 2.36. The van der Waals surface area contributed by atoms with E-state index in [2.05, 4.69) is 31.0 Å². The van der Waals surface area contributed by atoms with Gasteiger partial charge < -0.3 is 15.0 Å². The van der Waals surface area contributed by atoms with Crippen LogP contribution < -0.4 is 10.2 Å². The molecule has 1 aromatic carbocycles. The molecule has 0 radical (unpaired) electrons.